The molecule has 6 nitrogen and oxygen atoms in total. The summed E-state index contributed by atoms with van der Waals surface area (Å²) in [7, 11) is 1.33. The molecule has 0 fully saturated rings. The molecule has 0 aliphatic carbocycles. The predicted molar refractivity (Wildman–Crippen MR) is 61.0 cm³/mol. The molecule has 6 heteroatoms. The van der Waals surface area contributed by atoms with Crippen LogP contribution in [0, 0.1) is 0 Å². The van der Waals surface area contributed by atoms with Gasteiger partial charge in [0.1, 0.15) is 24.0 Å². The number of aromatic nitrogens is 2. The first kappa shape index (κ1) is 12.2. The van der Waals surface area contributed by atoms with Crippen molar-refractivity contribution in [3.05, 3.63) is 11.9 Å². The van der Waals surface area contributed by atoms with Gasteiger partial charge in [-0.1, -0.05) is 13.8 Å². The van der Waals surface area contributed by atoms with E-state index in [4.69, 9.17) is 5.73 Å². The van der Waals surface area contributed by atoms with E-state index < -0.39 is 0 Å². The molecule has 1 rings (SSSR count). The van der Waals surface area contributed by atoms with Gasteiger partial charge in [0.15, 0.2) is 0 Å². The highest BCUT2D eigenvalue weighted by molar-refractivity contribution is 5.74. The largest absolute Gasteiger partial charge is 0.468 e. The quantitative estimate of drug-likeness (QED) is 0.734. The van der Waals surface area contributed by atoms with E-state index in [-0.39, 0.29) is 18.4 Å². The lowest BCUT2D eigenvalue weighted by atomic mass is 10.2. The number of nitrogen functional groups attached to an aromatic ring is 1. The van der Waals surface area contributed by atoms with Crippen molar-refractivity contribution in [3.8, 4) is 0 Å². The number of hydrogen-bond acceptors (Lipinski definition) is 6. The topological polar surface area (TPSA) is 90.1 Å². The Morgan fingerprint density at radius 2 is 2.25 bits per heavy atom. The number of nitrogens with zero attached hydrogens (tertiary/aromatic N) is 2. The summed E-state index contributed by atoms with van der Waals surface area (Å²) in [6.45, 7) is 4.00. The second kappa shape index (κ2) is 5.29. The minimum absolute atomic E-state index is 0.0600. The molecule has 1 aromatic rings. The van der Waals surface area contributed by atoms with Crippen molar-refractivity contribution in [3.63, 3.8) is 0 Å². The number of methoxy groups -OCH3 is 1. The summed E-state index contributed by atoms with van der Waals surface area (Å²) in [5, 5.41) is 2.83. The maximum absolute atomic E-state index is 10.9. The smallest absolute Gasteiger partial charge is 0.325 e. The first-order chi connectivity index (χ1) is 7.52. The molecule has 1 aromatic heterocycles. The molecule has 0 amide bonds. The van der Waals surface area contributed by atoms with Crippen molar-refractivity contribution < 1.29 is 9.53 Å². The lowest BCUT2D eigenvalue weighted by Gasteiger charge is -2.09. The fourth-order valence-corrected chi connectivity index (χ4v) is 1.07. The van der Waals surface area contributed by atoms with Gasteiger partial charge in [-0.05, 0) is 0 Å². The standard InChI is InChI=1S/C10H16N4O2/c1-6(2)10-13-7(11)4-8(14-10)12-5-9(15)16-3/h4,6H,5H2,1-3H3,(H3,11,12,13,14). The molecule has 0 aromatic carbocycles. The second-order valence-corrected chi connectivity index (χ2v) is 3.62. The van der Waals surface area contributed by atoms with Crippen molar-refractivity contribution >= 4 is 17.6 Å². The zero-order chi connectivity index (χ0) is 12.1. The lowest BCUT2D eigenvalue weighted by molar-refractivity contribution is -0.138. The molecule has 0 unspecified atom stereocenters. The lowest BCUT2D eigenvalue weighted by Crippen LogP contribution is -2.16. The van der Waals surface area contributed by atoms with Crippen LogP contribution in [-0.4, -0.2) is 29.6 Å². The second-order valence-electron chi connectivity index (χ2n) is 3.62. The third-order valence-corrected chi connectivity index (χ3v) is 1.92. The van der Waals surface area contributed by atoms with Crippen LogP contribution in [0.3, 0.4) is 0 Å². The third kappa shape index (κ3) is 3.38. The fraction of sp³-hybridized carbons (Fsp3) is 0.500. The Labute approximate surface area is 94.2 Å². The van der Waals surface area contributed by atoms with Gasteiger partial charge in [0.25, 0.3) is 0 Å². The number of carbonyl (C=O) groups is 1. The summed E-state index contributed by atoms with van der Waals surface area (Å²) >= 11 is 0. The van der Waals surface area contributed by atoms with Gasteiger partial charge in [0.2, 0.25) is 0 Å². The third-order valence-electron chi connectivity index (χ3n) is 1.92. The van der Waals surface area contributed by atoms with Crippen molar-refractivity contribution in [1.29, 1.82) is 0 Å². The molecule has 1 heterocycles. The summed E-state index contributed by atoms with van der Waals surface area (Å²) < 4.78 is 4.50. The van der Waals surface area contributed by atoms with E-state index in [2.05, 4.69) is 20.0 Å². The average Bonchev–Trinajstić information content (AvgIpc) is 2.25. The highest BCUT2D eigenvalue weighted by Crippen LogP contribution is 2.14. The zero-order valence-electron chi connectivity index (χ0n) is 9.65. The van der Waals surface area contributed by atoms with E-state index >= 15 is 0 Å². The van der Waals surface area contributed by atoms with Crippen LogP contribution in [0.5, 0.6) is 0 Å². The fourth-order valence-electron chi connectivity index (χ4n) is 1.07. The molecule has 0 bridgehead atoms. The Morgan fingerprint density at radius 1 is 1.56 bits per heavy atom. The molecule has 0 saturated carbocycles. The van der Waals surface area contributed by atoms with Gasteiger partial charge in [-0.3, -0.25) is 4.79 Å². The van der Waals surface area contributed by atoms with Gasteiger partial charge in [-0.15, -0.1) is 0 Å². The van der Waals surface area contributed by atoms with Crippen LogP contribution in [0.25, 0.3) is 0 Å². The van der Waals surface area contributed by atoms with Gasteiger partial charge >= 0.3 is 5.97 Å². The molecule has 0 atom stereocenters. The molecule has 0 saturated heterocycles. The molecule has 0 spiro atoms. The van der Waals surface area contributed by atoms with E-state index in [1.807, 2.05) is 13.8 Å². The van der Waals surface area contributed by atoms with Crippen LogP contribution >= 0.6 is 0 Å². The predicted octanol–water partition coefficient (Wildman–Crippen LogP) is 0.767. The Morgan fingerprint density at radius 3 is 2.81 bits per heavy atom. The van der Waals surface area contributed by atoms with Crippen molar-refractivity contribution in [2.45, 2.75) is 19.8 Å². The Hall–Kier alpha value is -1.85. The zero-order valence-corrected chi connectivity index (χ0v) is 9.65. The van der Waals surface area contributed by atoms with Crippen molar-refractivity contribution in [1.82, 2.24) is 9.97 Å². The number of hydrogen-bond donors (Lipinski definition) is 2. The van der Waals surface area contributed by atoms with Gasteiger partial charge in [-0.25, -0.2) is 9.97 Å². The SMILES string of the molecule is COC(=O)CNc1cc(N)nc(C(C)C)n1. The Bertz CT molecular complexity index is 379. The van der Waals surface area contributed by atoms with E-state index in [0.717, 1.165) is 0 Å². The molecule has 0 aliphatic heterocycles. The Kier molecular flexibility index (Phi) is 4.04. The number of nitrogens with one attached hydrogen (secondary N) is 1. The molecule has 16 heavy (non-hydrogen) atoms. The first-order valence-electron chi connectivity index (χ1n) is 4.98. The minimum Gasteiger partial charge on any atom is -0.468 e. The van der Waals surface area contributed by atoms with Gasteiger partial charge in [0.05, 0.1) is 7.11 Å². The number of anilines is 2. The van der Waals surface area contributed by atoms with Crippen LogP contribution in [-0.2, 0) is 9.53 Å². The number of esters is 1. The number of rotatable bonds is 4. The van der Waals surface area contributed by atoms with E-state index in [9.17, 15) is 4.79 Å². The number of nitrogens with two attached hydrogens (primary N) is 1. The molecule has 88 valence electrons. The molecule has 3 N–H and O–H groups in total. The molecule has 0 aliphatic rings. The Balaban J connectivity index is 2.76. The summed E-state index contributed by atoms with van der Waals surface area (Å²) in [4.78, 5) is 19.2. The van der Waals surface area contributed by atoms with Crippen LogP contribution in [0.2, 0.25) is 0 Å². The van der Waals surface area contributed by atoms with Crippen LogP contribution in [0.4, 0.5) is 11.6 Å². The highest BCUT2D eigenvalue weighted by atomic mass is 16.5. The summed E-state index contributed by atoms with van der Waals surface area (Å²) in [5.74, 6) is 1.38. The summed E-state index contributed by atoms with van der Waals surface area (Å²) in [5.41, 5.74) is 5.63. The van der Waals surface area contributed by atoms with E-state index in [0.29, 0.717) is 17.5 Å². The molecular formula is C10H16N4O2. The monoisotopic (exact) mass is 224 g/mol. The summed E-state index contributed by atoms with van der Waals surface area (Å²) in [6.07, 6.45) is 0. The number of ether oxygens (including phenoxy) is 1. The van der Waals surface area contributed by atoms with Crippen molar-refractivity contribution in [2.24, 2.45) is 0 Å². The number of carbonyl (C=O) groups excluding carboxylic acids is 1. The maximum atomic E-state index is 10.9. The van der Waals surface area contributed by atoms with Gasteiger partial charge < -0.3 is 15.8 Å². The molecule has 0 radical (unpaired) electrons. The average molecular weight is 224 g/mol. The normalized spacial score (nSPS) is 10.2. The van der Waals surface area contributed by atoms with Crippen LogP contribution < -0.4 is 11.1 Å². The van der Waals surface area contributed by atoms with Gasteiger partial charge in [0, 0.05) is 12.0 Å². The van der Waals surface area contributed by atoms with Crippen molar-refractivity contribution in [2.75, 3.05) is 24.7 Å². The summed E-state index contributed by atoms with van der Waals surface area (Å²) in [6, 6.07) is 1.58. The molecular weight excluding hydrogens is 208 g/mol. The minimum atomic E-state index is -0.358. The van der Waals surface area contributed by atoms with E-state index in [1.165, 1.54) is 7.11 Å². The highest BCUT2D eigenvalue weighted by Gasteiger charge is 2.07. The van der Waals surface area contributed by atoms with Gasteiger partial charge in [-0.2, -0.15) is 0 Å². The van der Waals surface area contributed by atoms with E-state index in [1.54, 1.807) is 6.07 Å². The van der Waals surface area contributed by atoms with Crippen LogP contribution in [0.1, 0.15) is 25.6 Å². The maximum Gasteiger partial charge on any atom is 0.325 e. The van der Waals surface area contributed by atoms with Crippen LogP contribution in [0.15, 0.2) is 6.07 Å². The first-order valence-corrected chi connectivity index (χ1v) is 4.98.